The van der Waals surface area contributed by atoms with E-state index in [1.54, 1.807) is 6.07 Å². The van der Waals surface area contributed by atoms with Crippen LogP contribution in [-0.2, 0) is 0 Å². The molecule has 0 aliphatic heterocycles. The van der Waals surface area contributed by atoms with E-state index in [1.165, 1.54) is 0 Å². The highest BCUT2D eigenvalue weighted by Gasteiger charge is 2.04. The minimum atomic E-state index is 0.496. The number of nitrogens with zero attached hydrogens (tertiary/aromatic N) is 1. The van der Waals surface area contributed by atoms with Crippen LogP contribution < -0.4 is 15.9 Å². The van der Waals surface area contributed by atoms with Gasteiger partial charge in [0.15, 0.2) is 0 Å². The van der Waals surface area contributed by atoms with Crippen molar-refractivity contribution in [3.05, 3.63) is 11.8 Å². The quantitative estimate of drug-likeness (QED) is 0.602. The zero-order valence-electron chi connectivity index (χ0n) is 10.3. The molecule has 0 amide bonds. The molecule has 0 atom stereocenters. The zero-order chi connectivity index (χ0) is 12.1. The molecule has 0 saturated heterocycles. The second kappa shape index (κ2) is 5.78. The van der Waals surface area contributed by atoms with E-state index < -0.39 is 0 Å². The number of hydrogen-bond donors (Lipinski definition) is 1. The van der Waals surface area contributed by atoms with Crippen LogP contribution >= 0.6 is 0 Å². The lowest BCUT2D eigenvalue weighted by molar-refractivity contribution is 0.289. The molecule has 2 N–H and O–H groups in total. The Morgan fingerprint density at radius 1 is 1.50 bits per heavy atom. The fraction of sp³-hybridized carbons (Fsp3) is 0.583. The second-order valence-corrected chi connectivity index (χ2v) is 4.44. The van der Waals surface area contributed by atoms with E-state index in [-0.39, 0.29) is 0 Å². The molecule has 0 saturated carbocycles. The third kappa shape index (κ3) is 3.76. The highest BCUT2D eigenvalue weighted by molar-refractivity contribution is 6.34. The van der Waals surface area contributed by atoms with Crippen LogP contribution in [0.3, 0.4) is 0 Å². The van der Waals surface area contributed by atoms with Gasteiger partial charge in [-0.2, -0.15) is 0 Å². The Morgan fingerprint density at radius 2 is 2.19 bits per heavy atom. The van der Waals surface area contributed by atoms with Crippen molar-refractivity contribution < 1.29 is 4.74 Å². The van der Waals surface area contributed by atoms with Gasteiger partial charge in [0, 0.05) is 0 Å². The van der Waals surface area contributed by atoms with Gasteiger partial charge in [0.05, 0.1) is 18.0 Å². The number of aromatic nitrogens is 1. The van der Waals surface area contributed by atoms with Crippen molar-refractivity contribution in [1.29, 1.82) is 0 Å². The first-order valence-electron chi connectivity index (χ1n) is 5.66. The Bertz CT molecular complexity index is 353. The van der Waals surface area contributed by atoms with Gasteiger partial charge < -0.3 is 10.5 Å². The van der Waals surface area contributed by atoms with E-state index in [1.807, 2.05) is 6.92 Å². The average molecular weight is 218 g/mol. The minimum absolute atomic E-state index is 0.496. The lowest BCUT2D eigenvalue weighted by atomic mass is 9.97. The van der Waals surface area contributed by atoms with E-state index in [9.17, 15) is 0 Å². The van der Waals surface area contributed by atoms with Crippen LogP contribution in [0.2, 0.25) is 0 Å². The first kappa shape index (κ1) is 12.9. The van der Waals surface area contributed by atoms with Crippen LogP contribution in [0.4, 0.5) is 5.69 Å². The molecule has 0 spiro atoms. The standard InChI is InChI=1S/C12H19BN2O/c1-8(2)5-4-6-16-12-10(13)7-11(14)9(3)15-12/h7-8H,4-6,14H2,1-3H3. The van der Waals surface area contributed by atoms with Gasteiger partial charge in [-0.25, -0.2) is 4.98 Å². The third-order valence-electron chi connectivity index (χ3n) is 2.41. The van der Waals surface area contributed by atoms with Gasteiger partial charge in [-0.05, 0) is 37.2 Å². The van der Waals surface area contributed by atoms with Gasteiger partial charge in [-0.15, -0.1) is 0 Å². The lowest BCUT2D eigenvalue weighted by Gasteiger charge is -2.11. The van der Waals surface area contributed by atoms with Crippen LogP contribution in [0.1, 0.15) is 32.4 Å². The Kier molecular flexibility index (Phi) is 4.65. The molecule has 0 bridgehead atoms. The SMILES string of the molecule is [B]c1cc(N)c(C)nc1OCCCC(C)C. The van der Waals surface area contributed by atoms with Crippen molar-refractivity contribution in [1.82, 2.24) is 4.98 Å². The number of anilines is 1. The Hall–Kier alpha value is -1.19. The normalized spacial score (nSPS) is 10.8. The molecule has 0 aliphatic rings. The first-order chi connectivity index (χ1) is 7.50. The van der Waals surface area contributed by atoms with Gasteiger partial charge in [0.2, 0.25) is 5.88 Å². The molecule has 16 heavy (non-hydrogen) atoms. The first-order valence-corrected chi connectivity index (χ1v) is 5.66. The van der Waals surface area contributed by atoms with Crippen LogP contribution in [0.5, 0.6) is 5.88 Å². The Balaban J connectivity index is 2.51. The van der Waals surface area contributed by atoms with Crippen LogP contribution in [-0.4, -0.2) is 19.4 Å². The number of nitrogen functional groups attached to an aromatic ring is 1. The van der Waals surface area contributed by atoms with Crippen LogP contribution in [0.25, 0.3) is 0 Å². The van der Waals surface area contributed by atoms with Gasteiger partial charge >= 0.3 is 0 Å². The fourth-order valence-electron chi connectivity index (χ4n) is 1.39. The maximum atomic E-state index is 5.76. The summed E-state index contributed by atoms with van der Waals surface area (Å²) in [6, 6.07) is 1.69. The van der Waals surface area contributed by atoms with Crippen molar-refractivity contribution in [2.24, 2.45) is 5.92 Å². The summed E-state index contributed by atoms with van der Waals surface area (Å²) in [5.41, 5.74) is 7.55. The summed E-state index contributed by atoms with van der Waals surface area (Å²) in [6.45, 7) is 6.88. The monoisotopic (exact) mass is 218 g/mol. The number of ether oxygens (including phenoxy) is 1. The molecule has 1 heterocycles. The summed E-state index contributed by atoms with van der Waals surface area (Å²) in [7, 11) is 5.76. The number of pyridine rings is 1. The maximum absolute atomic E-state index is 5.76. The van der Waals surface area contributed by atoms with Gasteiger partial charge in [-0.1, -0.05) is 13.8 Å². The largest absolute Gasteiger partial charge is 0.478 e. The number of aryl methyl sites for hydroxylation is 1. The smallest absolute Gasteiger partial charge is 0.206 e. The van der Waals surface area contributed by atoms with Gasteiger partial charge in [0.1, 0.15) is 7.85 Å². The molecule has 1 rings (SSSR count). The molecular formula is C12H19BN2O. The predicted molar refractivity (Wildman–Crippen MR) is 68.3 cm³/mol. The zero-order valence-corrected chi connectivity index (χ0v) is 10.3. The van der Waals surface area contributed by atoms with Crippen molar-refractivity contribution in [3.8, 4) is 5.88 Å². The van der Waals surface area contributed by atoms with E-state index in [4.69, 9.17) is 18.3 Å². The summed E-state index contributed by atoms with van der Waals surface area (Å²) in [5, 5.41) is 0. The number of rotatable bonds is 5. The molecule has 1 aromatic rings. The molecule has 0 aromatic carbocycles. The van der Waals surface area contributed by atoms with Crippen molar-refractivity contribution in [2.45, 2.75) is 33.6 Å². The predicted octanol–water partition coefficient (Wildman–Crippen LogP) is 1.58. The Morgan fingerprint density at radius 3 is 2.81 bits per heavy atom. The maximum Gasteiger partial charge on any atom is 0.206 e. The molecule has 1 aromatic heterocycles. The van der Waals surface area contributed by atoms with Gasteiger partial charge in [0.25, 0.3) is 0 Å². The van der Waals surface area contributed by atoms with E-state index in [0.29, 0.717) is 29.6 Å². The molecular weight excluding hydrogens is 199 g/mol. The van der Waals surface area contributed by atoms with Crippen LogP contribution in [0.15, 0.2) is 6.07 Å². The molecule has 4 heteroatoms. The number of hydrogen-bond acceptors (Lipinski definition) is 3. The minimum Gasteiger partial charge on any atom is -0.478 e. The summed E-state index contributed by atoms with van der Waals surface area (Å²) in [6.07, 6.45) is 2.16. The van der Waals surface area contributed by atoms with Gasteiger partial charge in [-0.3, -0.25) is 0 Å². The highest BCUT2D eigenvalue weighted by Crippen LogP contribution is 2.12. The number of nitrogens with two attached hydrogens (primary N) is 1. The summed E-state index contributed by atoms with van der Waals surface area (Å²) >= 11 is 0. The summed E-state index contributed by atoms with van der Waals surface area (Å²) < 4.78 is 5.53. The molecule has 2 radical (unpaired) electrons. The van der Waals surface area contributed by atoms with E-state index >= 15 is 0 Å². The topological polar surface area (TPSA) is 48.1 Å². The lowest BCUT2D eigenvalue weighted by Crippen LogP contribution is -2.15. The summed E-state index contributed by atoms with van der Waals surface area (Å²) in [4.78, 5) is 4.22. The molecule has 86 valence electrons. The van der Waals surface area contributed by atoms with Crippen molar-refractivity contribution >= 4 is 19.0 Å². The van der Waals surface area contributed by atoms with E-state index in [0.717, 1.165) is 18.5 Å². The average Bonchev–Trinajstić information content (AvgIpc) is 2.19. The Labute approximate surface area is 98.8 Å². The third-order valence-corrected chi connectivity index (χ3v) is 2.41. The summed E-state index contributed by atoms with van der Waals surface area (Å²) in [5.74, 6) is 1.19. The fourth-order valence-corrected chi connectivity index (χ4v) is 1.39. The van der Waals surface area contributed by atoms with Crippen molar-refractivity contribution in [2.75, 3.05) is 12.3 Å². The molecule has 0 aliphatic carbocycles. The molecule has 0 fully saturated rings. The second-order valence-electron chi connectivity index (χ2n) is 4.44. The van der Waals surface area contributed by atoms with Crippen LogP contribution in [0, 0.1) is 12.8 Å². The molecule has 3 nitrogen and oxygen atoms in total. The molecule has 0 unspecified atom stereocenters. The highest BCUT2D eigenvalue weighted by atomic mass is 16.5. The van der Waals surface area contributed by atoms with E-state index in [2.05, 4.69) is 18.8 Å². The van der Waals surface area contributed by atoms with Crippen molar-refractivity contribution in [3.63, 3.8) is 0 Å².